The highest BCUT2D eigenvalue weighted by Gasteiger charge is 2.26. The molecule has 1 heterocycles. The molecule has 1 aliphatic rings. The lowest BCUT2D eigenvalue weighted by molar-refractivity contribution is -0.384. The average molecular weight is 279 g/mol. The molecule has 108 valence electrons. The summed E-state index contributed by atoms with van der Waals surface area (Å²) < 4.78 is 0. The van der Waals surface area contributed by atoms with Crippen LogP contribution in [-0.2, 0) is 0 Å². The summed E-state index contributed by atoms with van der Waals surface area (Å²) in [5.41, 5.74) is 5.97. The molecule has 1 fully saturated rings. The van der Waals surface area contributed by atoms with Crippen molar-refractivity contribution in [1.29, 1.82) is 0 Å². The van der Waals surface area contributed by atoms with Crippen molar-refractivity contribution >= 4 is 17.3 Å². The number of hydrogen-bond donors (Lipinski definition) is 2. The minimum absolute atomic E-state index is 0.0359. The van der Waals surface area contributed by atoms with Crippen molar-refractivity contribution in [2.75, 3.05) is 25.4 Å². The molecule has 20 heavy (non-hydrogen) atoms. The Morgan fingerprint density at radius 1 is 1.55 bits per heavy atom. The fourth-order valence-electron chi connectivity index (χ4n) is 2.41. The summed E-state index contributed by atoms with van der Waals surface area (Å²) in [5.74, 6) is -0.253. The third-order valence-corrected chi connectivity index (χ3v) is 3.54. The fraction of sp³-hybridized carbons (Fsp3) is 0.462. The first-order chi connectivity index (χ1) is 9.52. The van der Waals surface area contributed by atoms with Crippen LogP contribution in [0.1, 0.15) is 23.2 Å². The highest BCUT2D eigenvalue weighted by molar-refractivity contribution is 5.99. The van der Waals surface area contributed by atoms with Crippen molar-refractivity contribution in [2.45, 2.75) is 12.8 Å². The molecule has 0 radical (unpaired) electrons. The Bertz CT molecular complexity index is 532. The number of non-ortho nitro benzene ring substituents is 1. The molecule has 0 aliphatic carbocycles. The quantitative estimate of drug-likeness (QED) is 0.487. The van der Waals surface area contributed by atoms with Gasteiger partial charge < -0.3 is 15.7 Å². The normalized spacial score (nSPS) is 18.9. The molecular formula is C13H17N3O4. The van der Waals surface area contributed by atoms with Crippen molar-refractivity contribution in [3.8, 4) is 0 Å². The van der Waals surface area contributed by atoms with Crippen LogP contribution in [0.2, 0.25) is 0 Å². The van der Waals surface area contributed by atoms with Crippen LogP contribution in [0.25, 0.3) is 0 Å². The van der Waals surface area contributed by atoms with Crippen molar-refractivity contribution in [2.24, 2.45) is 5.92 Å². The van der Waals surface area contributed by atoms with Gasteiger partial charge in [-0.25, -0.2) is 0 Å². The summed E-state index contributed by atoms with van der Waals surface area (Å²) in [6, 6.07) is 3.86. The molecule has 7 nitrogen and oxygen atoms in total. The van der Waals surface area contributed by atoms with E-state index in [1.165, 1.54) is 18.2 Å². The summed E-state index contributed by atoms with van der Waals surface area (Å²) in [4.78, 5) is 24.2. The Morgan fingerprint density at radius 3 is 2.95 bits per heavy atom. The average Bonchev–Trinajstić information content (AvgIpc) is 2.46. The number of piperidine rings is 1. The first kappa shape index (κ1) is 14.3. The number of hydrogen-bond acceptors (Lipinski definition) is 5. The first-order valence-electron chi connectivity index (χ1n) is 6.47. The topological polar surface area (TPSA) is 110 Å². The van der Waals surface area contributed by atoms with Gasteiger partial charge in [0.15, 0.2) is 0 Å². The van der Waals surface area contributed by atoms with Gasteiger partial charge in [-0.15, -0.1) is 0 Å². The van der Waals surface area contributed by atoms with E-state index in [0.717, 1.165) is 12.8 Å². The minimum Gasteiger partial charge on any atom is -0.398 e. The molecule has 1 amide bonds. The summed E-state index contributed by atoms with van der Waals surface area (Å²) in [6.07, 6.45) is 1.69. The number of nitro benzene ring substituents is 1. The zero-order valence-electron chi connectivity index (χ0n) is 11.0. The Balaban J connectivity index is 2.24. The predicted molar refractivity (Wildman–Crippen MR) is 73.2 cm³/mol. The van der Waals surface area contributed by atoms with Crippen molar-refractivity contribution in [3.05, 3.63) is 33.9 Å². The van der Waals surface area contributed by atoms with Gasteiger partial charge in [0.05, 0.1) is 10.5 Å². The molecule has 7 heteroatoms. The van der Waals surface area contributed by atoms with Crippen LogP contribution in [0.4, 0.5) is 11.4 Å². The van der Waals surface area contributed by atoms with Gasteiger partial charge in [-0.1, -0.05) is 0 Å². The van der Waals surface area contributed by atoms with Gasteiger partial charge >= 0.3 is 0 Å². The number of nitro groups is 1. The number of rotatable bonds is 3. The van der Waals surface area contributed by atoms with E-state index in [1.807, 2.05) is 0 Å². The molecule has 0 bridgehead atoms. The maximum Gasteiger partial charge on any atom is 0.270 e. The molecule has 0 saturated carbocycles. The van der Waals surface area contributed by atoms with Crippen LogP contribution in [-0.4, -0.2) is 40.5 Å². The molecule has 1 atom stereocenters. The van der Waals surface area contributed by atoms with Crippen LogP contribution in [0.3, 0.4) is 0 Å². The Morgan fingerprint density at radius 2 is 2.30 bits per heavy atom. The van der Waals surface area contributed by atoms with Gasteiger partial charge in [0.25, 0.3) is 11.6 Å². The molecule has 1 aromatic rings. The van der Waals surface area contributed by atoms with E-state index in [1.54, 1.807) is 4.90 Å². The van der Waals surface area contributed by atoms with Crippen LogP contribution in [0, 0.1) is 16.0 Å². The minimum atomic E-state index is -0.553. The molecule has 1 saturated heterocycles. The highest BCUT2D eigenvalue weighted by Crippen LogP contribution is 2.24. The van der Waals surface area contributed by atoms with Gasteiger partial charge in [-0.05, 0) is 24.8 Å². The summed E-state index contributed by atoms with van der Waals surface area (Å²) >= 11 is 0. The summed E-state index contributed by atoms with van der Waals surface area (Å²) in [7, 11) is 0. The monoisotopic (exact) mass is 279 g/mol. The molecular weight excluding hydrogens is 262 g/mol. The number of aliphatic hydroxyl groups is 1. The van der Waals surface area contributed by atoms with E-state index in [2.05, 4.69) is 0 Å². The SMILES string of the molecule is Nc1ccc([N+](=O)[O-])cc1C(=O)N1CCCC(CO)C1. The second-order valence-corrected chi connectivity index (χ2v) is 4.97. The van der Waals surface area contributed by atoms with E-state index < -0.39 is 4.92 Å². The summed E-state index contributed by atoms with van der Waals surface area (Å²) in [6.45, 7) is 1.07. The van der Waals surface area contributed by atoms with Gasteiger partial charge in [0.1, 0.15) is 0 Å². The number of anilines is 1. The fourth-order valence-corrected chi connectivity index (χ4v) is 2.41. The molecule has 1 aromatic carbocycles. The van der Waals surface area contributed by atoms with Crippen molar-refractivity contribution in [3.63, 3.8) is 0 Å². The van der Waals surface area contributed by atoms with E-state index in [0.29, 0.717) is 13.1 Å². The second kappa shape index (κ2) is 5.87. The standard InChI is InChI=1S/C13H17N3O4/c14-12-4-3-10(16(19)20)6-11(12)13(18)15-5-1-2-9(7-15)8-17/h3-4,6,9,17H,1-2,5,7-8,14H2. The molecule has 1 aliphatic heterocycles. The zero-order chi connectivity index (χ0) is 14.7. The Labute approximate surface area is 116 Å². The largest absolute Gasteiger partial charge is 0.398 e. The van der Waals surface area contributed by atoms with Crippen LogP contribution < -0.4 is 5.73 Å². The van der Waals surface area contributed by atoms with E-state index in [-0.39, 0.29) is 35.4 Å². The third-order valence-electron chi connectivity index (χ3n) is 3.54. The molecule has 3 N–H and O–H groups in total. The van der Waals surface area contributed by atoms with Crippen LogP contribution in [0.5, 0.6) is 0 Å². The van der Waals surface area contributed by atoms with E-state index in [4.69, 9.17) is 5.73 Å². The highest BCUT2D eigenvalue weighted by atomic mass is 16.6. The number of likely N-dealkylation sites (tertiary alicyclic amines) is 1. The number of aliphatic hydroxyl groups excluding tert-OH is 1. The smallest absolute Gasteiger partial charge is 0.270 e. The van der Waals surface area contributed by atoms with Gasteiger partial charge in [0, 0.05) is 37.5 Å². The van der Waals surface area contributed by atoms with Crippen LogP contribution in [0.15, 0.2) is 18.2 Å². The maximum absolute atomic E-state index is 12.4. The first-order valence-corrected chi connectivity index (χ1v) is 6.47. The lowest BCUT2D eigenvalue weighted by Crippen LogP contribution is -2.41. The maximum atomic E-state index is 12.4. The number of carbonyl (C=O) groups excluding carboxylic acids is 1. The number of nitrogens with zero attached hydrogens (tertiary/aromatic N) is 2. The van der Waals surface area contributed by atoms with Gasteiger partial charge in [0.2, 0.25) is 0 Å². The molecule has 2 rings (SSSR count). The lowest BCUT2D eigenvalue weighted by Gasteiger charge is -2.32. The lowest BCUT2D eigenvalue weighted by atomic mass is 9.98. The van der Waals surface area contributed by atoms with Gasteiger partial charge in [-0.3, -0.25) is 14.9 Å². The van der Waals surface area contributed by atoms with E-state index in [9.17, 15) is 20.0 Å². The van der Waals surface area contributed by atoms with Gasteiger partial charge in [-0.2, -0.15) is 0 Å². The molecule has 1 unspecified atom stereocenters. The van der Waals surface area contributed by atoms with Crippen molar-refractivity contribution in [1.82, 2.24) is 4.90 Å². The number of carbonyl (C=O) groups is 1. The third kappa shape index (κ3) is 2.88. The number of nitrogen functional groups attached to an aromatic ring is 1. The number of amides is 1. The van der Waals surface area contributed by atoms with Crippen LogP contribution >= 0.6 is 0 Å². The Kier molecular flexibility index (Phi) is 4.19. The number of nitrogens with two attached hydrogens (primary N) is 1. The Hall–Kier alpha value is -2.15. The molecule has 0 spiro atoms. The zero-order valence-corrected chi connectivity index (χ0v) is 11.0. The molecule has 0 aromatic heterocycles. The van der Waals surface area contributed by atoms with Crippen molar-refractivity contribution < 1.29 is 14.8 Å². The predicted octanol–water partition coefficient (Wildman–Crippen LogP) is 1.02. The second-order valence-electron chi connectivity index (χ2n) is 4.97. The number of benzene rings is 1. The summed E-state index contributed by atoms with van der Waals surface area (Å²) in [5, 5.41) is 19.9. The van der Waals surface area contributed by atoms with E-state index >= 15 is 0 Å².